The van der Waals surface area contributed by atoms with Gasteiger partial charge in [-0.2, -0.15) is 0 Å². The van der Waals surface area contributed by atoms with Crippen LogP contribution >= 0.6 is 0 Å². The minimum absolute atomic E-state index is 0.0337. The lowest BCUT2D eigenvalue weighted by atomic mass is 10.3. The highest BCUT2D eigenvalue weighted by atomic mass is 32.2. The van der Waals surface area contributed by atoms with Crippen LogP contribution < -0.4 is 10.5 Å². The first kappa shape index (κ1) is 16.9. The fraction of sp³-hybridized carbons (Fsp3) is 0.545. The van der Waals surface area contributed by atoms with Gasteiger partial charge in [0.2, 0.25) is 10.0 Å². The van der Waals surface area contributed by atoms with Crippen LogP contribution in [0.2, 0.25) is 0 Å². The molecule has 2 unspecified atom stereocenters. The SMILES string of the molecule is Cc1oc(C(=O)NCCC(C)S(C)=O)cc1S(N)(=O)=O. The van der Waals surface area contributed by atoms with E-state index in [4.69, 9.17) is 9.56 Å². The van der Waals surface area contributed by atoms with Gasteiger partial charge in [0.25, 0.3) is 5.91 Å². The van der Waals surface area contributed by atoms with Gasteiger partial charge in [-0.1, -0.05) is 6.92 Å². The fourth-order valence-corrected chi connectivity index (χ4v) is 2.67. The van der Waals surface area contributed by atoms with Crippen molar-refractivity contribution in [3.63, 3.8) is 0 Å². The summed E-state index contributed by atoms with van der Waals surface area (Å²) in [5.74, 6) is -0.574. The van der Waals surface area contributed by atoms with Gasteiger partial charge in [-0.05, 0) is 13.3 Å². The molecular formula is C11H18N2O5S2. The number of amides is 1. The lowest BCUT2D eigenvalue weighted by Crippen LogP contribution is -2.27. The topological polar surface area (TPSA) is 119 Å². The van der Waals surface area contributed by atoms with Gasteiger partial charge in [0, 0.05) is 34.9 Å². The van der Waals surface area contributed by atoms with E-state index in [-0.39, 0.29) is 21.7 Å². The highest BCUT2D eigenvalue weighted by Gasteiger charge is 2.21. The van der Waals surface area contributed by atoms with Crippen molar-refractivity contribution in [2.45, 2.75) is 30.4 Å². The molecule has 1 heterocycles. The third kappa shape index (κ3) is 4.43. The van der Waals surface area contributed by atoms with Gasteiger partial charge >= 0.3 is 0 Å². The number of carbonyl (C=O) groups is 1. The van der Waals surface area contributed by atoms with Gasteiger partial charge < -0.3 is 9.73 Å². The van der Waals surface area contributed by atoms with E-state index in [9.17, 15) is 17.4 Å². The maximum Gasteiger partial charge on any atom is 0.287 e. The van der Waals surface area contributed by atoms with E-state index in [1.54, 1.807) is 6.26 Å². The molecule has 114 valence electrons. The summed E-state index contributed by atoms with van der Waals surface area (Å²) in [5.41, 5.74) is 0. The number of aryl methyl sites for hydroxylation is 1. The number of sulfonamides is 1. The second kappa shape index (κ2) is 6.51. The average Bonchev–Trinajstić information content (AvgIpc) is 2.70. The van der Waals surface area contributed by atoms with Crippen LogP contribution in [0.15, 0.2) is 15.4 Å². The summed E-state index contributed by atoms with van der Waals surface area (Å²) in [7, 11) is -4.86. The Morgan fingerprint density at radius 2 is 2.15 bits per heavy atom. The number of rotatable bonds is 6. The fourth-order valence-electron chi connectivity index (χ4n) is 1.50. The molecule has 1 aromatic heterocycles. The summed E-state index contributed by atoms with van der Waals surface area (Å²) in [4.78, 5) is 11.6. The lowest BCUT2D eigenvalue weighted by Gasteiger charge is -2.08. The normalized spacial score (nSPS) is 14.8. The van der Waals surface area contributed by atoms with E-state index < -0.39 is 26.7 Å². The Labute approximate surface area is 120 Å². The zero-order valence-corrected chi connectivity index (χ0v) is 13.1. The number of carbonyl (C=O) groups excluding carboxylic acids is 1. The van der Waals surface area contributed by atoms with Crippen molar-refractivity contribution in [1.82, 2.24) is 5.32 Å². The van der Waals surface area contributed by atoms with Gasteiger partial charge in [0.05, 0.1) is 0 Å². The van der Waals surface area contributed by atoms with E-state index in [0.717, 1.165) is 6.07 Å². The third-order valence-corrected chi connectivity index (χ3v) is 5.19. The Balaban J connectivity index is 2.68. The smallest absolute Gasteiger partial charge is 0.287 e. The van der Waals surface area contributed by atoms with Crippen LogP contribution in [0, 0.1) is 6.92 Å². The van der Waals surface area contributed by atoms with Crippen LogP contribution in [0.3, 0.4) is 0 Å². The van der Waals surface area contributed by atoms with Gasteiger partial charge in [0.1, 0.15) is 10.7 Å². The molecule has 0 bridgehead atoms. The van der Waals surface area contributed by atoms with Crippen molar-refractivity contribution in [2.24, 2.45) is 5.14 Å². The van der Waals surface area contributed by atoms with E-state index in [2.05, 4.69) is 5.32 Å². The first-order valence-corrected chi connectivity index (χ1v) is 9.03. The van der Waals surface area contributed by atoms with Crippen molar-refractivity contribution in [3.8, 4) is 0 Å². The number of furan rings is 1. The average molecular weight is 322 g/mol. The van der Waals surface area contributed by atoms with E-state index in [1.807, 2.05) is 6.92 Å². The molecule has 20 heavy (non-hydrogen) atoms. The zero-order valence-electron chi connectivity index (χ0n) is 11.5. The Morgan fingerprint density at radius 3 is 2.60 bits per heavy atom. The molecule has 0 saturated heterocycles. The Kier molecular flexibility index (Phi) is 5.49. The van der Waals surface area contributed by atoms with Crippen LogP contribution in [0.5, 0.6) is 0 Å². The van der Waals surface area contributed by atoms with Gasteiger partial charge in [-0.25, -0.2) is 13.6 Å². The number of hydrogen-bond acceptors (Lipinski definition) is 5. The maximum atomic E-state index is 11.8. The van der Waals surface area contributed by atoms with E-state index in [0.29, 0.717) is 13.0 Å². The standard InChI is InChI=1S/C11H18N2O5S2/c1-7(19(3)15)4-5-13-11(14)9-6-10(8(2)18-9)20(12,16)17/h6-7H,4-5H2,1-3H3,(H,13,14)(H2,12,16,17). The Bertz CT molecular complexity index is 621. The molecule has 0 spiro atoms. The highest BCUT2D eigenvalue weighted by Crippen LogP contribution is 2.18. The molecule has 0 aliphatic rings. The first-order valence-electron chi connectivity index (χ1n) is 5.86. The summed E-state index contributed by atoms with van der Waals surface area (Å²) >= 11 is 0. The monoisotopic (exact) mass is 322 g/mol. The first-order chi connectivity index (χ1) is 9.12. The number of hydrogen-bond donors (Lipinski definition) is 2. The quantitative estimate of drug-likeness (QED) is 0.771. The summed E-state index contributed by atoms with van der Waals surface area (Å²) < 4.78 is 38.7. The molecule has 3 N–H and O–H groups in total. The van der Waals surface area contributed by atoms with Crippen LogP contribution in [-0.4, -0.2) is 36.6 Å². The van der Waals surface area contributed by atoms with Crippen molar-refractivity contribution >= 4 is 26.7 Å². The number of primary sulfonamides is 1. The van der Waals surface area contributed by atoms with Gasteiger partial charge in [-0.3, -0.25) is 9.00 Å². The van der Waals surface area contributed by atoms with Crippen molar-refractivity contribution in [1.29, 1.82) is 0 Å². The van der Waals surface area contributed by atoms with Crippen LogP contribution in [0.4, 0.5) is 0 Å². The summed E-state index contributed by atoms with van der Waals surface area (Å²) in [5, 5.41) is 7.53. The minimum Gasteiger partial charge on any atom is -0.455 e. The van der Waals surface area contributed by atoms with Crippen molar-refractivity contribution in [2.75, 3.05) is 12.8 Å². The van der Waals surface area contributed by atoms with Crippen LogP contribution in [-0.2, 0) is 20.8 Å². The predicted molar refractivity (Wildman–Crippen MR) is 75.3 cm³/mol. The summed E-state index contributed by atoms with van der Waals surface area (Å²) in [6.07, 6.45) is 2.15. The molecule has 2 atom stereocenters. The molecule has 0 aromatic carbocycles. The zero-order chi connectivity index (χ0) is 15.5. The Morgan fingerprint density at radius 1 is 1.55 bits per heavy atom. The second-order valence-corrected chi connectivity index (χ2v) is 7.76. The molecule has 0 aliphatic carbocycles. The van der Waals surface area contributed by atoms with Gasteiger partial charge in [-0.15, -0.1) is 0 Å². The molecule has 0 aliphatic heterocycles. The minimum atomic E-state index is -3.91. The molecule has 0 saturated carbocycles. The van der Waals surface area contributed by atoms with Crippen molar-refractivity contribution in [3.05, 3.63) is 17.6 Å². The lowest BCUT2D eigenvalue weighted by molar-refractivity contribution is 0.0924. The highest BCUT2D eigenvalue weighted by molar-refractivity contribution is 7.89. The largest absolute Gasteiger partial charge is 0.455 e. The summed E-state index contributed by atoms with van der Waals surface area (Å²) in [6.45, 7) is 3.56. The molecule has 9 heteroatoms. The maximum absolute atomic E-state index is 11.8. The molecule has 1 aromatic rings. The Hall–Kier alpha value is -1.19. The van der Waals surface area contributed by atoms with Crippen LogP contribution in [0.1, 0.15) is 29.7 Å². The summed E-state index contributed by atoms with van der Waals surface area (Å²) in [6, 6.07) is 1.10. The third-order valence-electron chi connectivity index (χ3n) is 2.81. The predicted octanol–water partition coefficient (Wildman–Crippen LogP) is 0.122. The van der Waals surface area contributed by atoms with E-state index >= 15 is 0 Å². The van der Waals surface area contributed by atoms with E-state index in [1.165, 1.54) is 6.92 Å². The molecule has 0 fully saturated rings. The van der Waals surface area contributed by atoms with Gasteiger partial charge in [0.15, 0.2) is 5.76 Å². The molecule has 7 nitrogen and oxygen atoms in total. The molecular weight excluding hydrogens is 304 g/mol. The number of nitrogens with one attached hydrogen (secondary N) is 1. The molecule has 0 radical (unpaired) electrons. The van der Waals surface area contributed by atoms with Crippen LogP contribution in [0.25, 0.3) is 0 Å². The second-order valence-electron chi connectivity index (χ2n) is 4.43. The molecule has 1 rings (SSSR count). The molecule has 1 amide bonds. The number of nitrogens with two attached hydrogens (primary N) is 1. The van der Waals surface area contributed by atoms with Crippen molar-refractivity contribution < 1.29 is 21.8 Å².